The van der Waals surface area contributed by atoms with Crippen LogP contribution in [-0.4, -0.2) is 35.1 Å². The Morgan fingerprint density at radius 2 is 1.88 bits per heavy atom. The quantitative estimate of drug-likeness (QED) is 0.538. The summed E-state index contributed by atoms with van der Waals surface area (Å²) in [4.78, 5) is 5.85. The van der Waals surface area contributed by atoms with Gasteiger partial charge in [0, 0.05) is 14.1 Å². The molecule has 0 radical (unpaired) electrons. The molecule has 0 fully saturated rings. The predicted molar refractivity (Wildman–Crippen MR) is 95.2 cm³/mol. The summed E-state index contributed by atoms with van der Waals surface area (Å²) >= 11 is 12.1. The highest BCUT2D eigenvalue weighted by molar-refractivity contribution is 6.38. The van der Waals surface area contributed by atoms with Gasteiger partial charge in [0.05, 0.1) is 27.5 Å². The van der Waals surface area contributed by atoms with E-state index < -0.39 is 11.7 Å². The van der Waals surface area contributed by atoms with Crippen molar-refractivity contribution < 1.29 is 13.2 Å². The monoisotopic (exact) mass is 401 g/mol. The highest BCUT2D eigenvalue weighted by atomic mass is 35.5. The van der Waals surface area contributed by atoms with Crippen LogP contribution in [0.15, 0.2) is 23.7 Å². The van der Waals surface area contributed by atoms with Crippen molar-refractivity contribution in [3.05, 3.63) is 45.6 Å². The number of aliphatic imine (C=N–C) groups is 1. The van der Waals surface area contributed by atoms with E-state index in [2.05, 4.69) is 16.7 Å². The number of nitriles is 1. The summed E-state index contributed by atoms with van der Waals surface area (Å²) < 4.78 is 39.9. The lowest BCUT2D eigenvalue weighted by molar-refractivity contribution is -0.137. The molecule has 2 rings (SSSR count). The summed E-state index contributed by atoms with van der Waals surface area (Å²) in [6.07, 6.45) is -1.80. The molecule has 0 bridgehead atoms. The number of rotatable bonds is 4. The van der Waals surface area contributed by atoms with Crippen LogP contribution in [0.3, 0.4) is 0 Å². The Labute approximate surface area is 157 Å². The molecule has 1 aromatic carbocycles. The number of benzene rings is 1. The number of alkyl halides is 3. The van der Waals surface area contributed by atoms with Crippen LogP contribution in [0.4, 0.5) is 19.0 Å². The minimum absolute atomic E-state index is 0.0158. The van der Waals surface area contributed by atoms with Crippen LogP contribution in [-0.2, 0) is 6.18 Å². The Hall–Kier alpha value is -2.50. The second-order valence-electron chi connectivity index (χ2n) is 5.31. The average Bonchev–Trinajstić information content (AvgIpc) is 2.88. The third-order valence-electron chi connectivity index (χ3n) is 3.17. The lowest BCUT2D eigenvalue weighted by atomic mass is 10.2. The molecule has 0 atom stereocenters. The van der Waals surface area contributed by atoms with Gasteiger partial charge in [-0.3, -0.25) is 0 Å². The van der Waals surface area contributed by atoms with Crippen LogP contribution in [0.25, 0.3) is 11.8 Å². The van der Waals surface area contributed by atoms with Gasteiger partial charge in [-0.15, -0.1) is 0 Å². The zero-order chi connectivity index (χ0) is 19.6. The summed E-state index contributed by atoms with van der Waals surface area (Å²) in [7, 11) is 3.45. The van der Waals surface area contributed by atoms with Gasteiger partial charge in [-0.05, 0) is 12.1 Å². The maximum Gasteiger partial charge on any atom is 0.416 e. The van der Waals surface area contributed by atoms with Gasteiger partial charge in [-0.25, -0.2) is 9.67 Å². The molecule has 0 N–H and O–H groups in total. The molecular weight excluding hydrogens is 390 g/mol. The molecule has 0 aliphatic rings. The number of hydrogen-bond donors (Lipinski definition) is 0. The Kier molecular flexibility index (Phi) is 5.64. The Morgan fingerprint density at radius 1 is 1.31 bits per heavy atom. The summed E-state index contributed by atoms with van der Waals surface area (Å²) in [5.41, 5.74) is -0.724. The molecule has 0 amide bonds. The number of aromatic nitrogens is 2. The van der Waals surface area contributed by atoms with Gasteiger partial charge in [-0.2, -0.15) is 23.5 Å². The molecule has 0 aliphatic carbocycles. The van der Waals surface area contributed by atoms with Crippen molar-refractivity contribution in [2.45, 2.75) is 6.18 Å². The van der Waals surface area contributed by atoms with Crippen molar-refractivity contribution in [2.75, 3.05) is 14.1 Å². The minimum Gasteiger partial charge on any atom is -0.369 e. The molecule has 0 aliphatic heterocycles. The van der Waals surface area contributed by atoms with Crippen LogP contribution in [0.1, 0.15) is 16.8 Å². The maximum absolute atomic E-state index is 12.9. The summed E-state index contributed by atoms with van der Waals surface area (Å²) in [6, 6.07) is 3.36. The zero-order valence-electron chi connectivity index (χ0n) is 13.6. The smallest absolute Gasteiger partial charge is 0.369 e. The first-order valence-corrected chi connectivity index (χ1v) is 7.78. The van der Waals surface area contributed by atoms with Gasteiger partial charge in [0.15, 0.2) is 11.5 Å². The van der Waals surface area contributed by atoms with E-state index >= 15 is 0 Å². The molecule has 26 heavy (non-hydrogen) atoms. The number of hydrogen-bond acceptors (Lipinski definition) is 3. The first kappa shape index (κ1) is 19.8. The van der Waals surface area contributed by atoms with Gasteiger partial charge in [0.2, 0.25) is 0 Å². The summed E-state index contributed by atoms with van der Waals surface area (Å²) in [5.74, 6) is 0.161. The van der Waals surface area contributed by atoms with E-state index in [1.165, 1.54) is 12.4 Å². The standard InChI is InChI=1S/C16H12Cl2F3N5/c1-4-10-13(7-22)24-26(15(10)23-8-25(2)3)14-11(17)5-9(6-12(14)18)16(19,20)21/h4-6,8H,1H2,2-3H3/b23-8-. The van der Waals surface area contributed by atoms with Crippen LogP contribution in [0.5, 0.6) is 0 Å². The third-order valence-corrected chi connectivity index (χ3v) is 3.75. The van der Waals surface area contributed by atoms with Gasteiger partial charge in [0.25, 0.3) is 0 Å². The van der Waals surface area contributed by atoms with E-state index in [0.717, 1.165) is 16.8 Å². The van der Waals surface area contributed by atoms with Crippen LogP contribution >= 0.6 is 23.2 Å². The Bertz CT molecular complexity index is 900. The normalized spacial score (nSPS) is 11.6. The number of halogens is 5. The SMILES string of the molecule is C=Cc1c(C#N)nn(-c2c(Cl)cc(C(F)(F)F)cc2Cl)c1/N=C\N(C)C. The van der Waals surface area contributed by atoms with Gasteiger partial charge < -0.3 is 4.90 Å². The van der Waals surface area contributed by atoms with Crippen molar-refractivity contribution in [3.8, 4) is 11.8 Å². The fourth-order valence-electron chi connectivity index (χ4n) is 2.07. The molecule has 0 unspecified atom stereocenters. The van der Waals surface area contributed by atoms with Crippen molar-refractivity contribution in [3.63, 3.8) is 0 Å². The van der Waals surface area contributed by atoms with Crippen molar-refractivity contribution in [1.82, 2.24) is 14.7 Å². The Balaban J connectivity index is 2.79. The second kappa shape index (κ2) is 7.40. The fraction of sp³-hybridized carbons (Fsp3) is 0.188. The molecule has 0 saturated heterocycles. The van der Waals surface area contributed by atoms with Crippen LogP contribution < -0.4 is 0 Å². The first-order valence-electron chi connectivity index (χ1n) is 7.03. The molecule has 10 heteroatoms. The van der Waals surface area contributed by atoms with E-state index in [1.54, 1.807) is 19.0 Å². The molecule has 0 spiro atoms. The van der Waals surface area contributed by atoms with E-state index in [1.807, 2.05) is 6.07 Å². The highest BCUT2D eigenvalue weighted by Crippen LogP contribution is 2.39. The van der Waals surface area contributed by atoms with Crippen LogP contribution in [0, 0.1) is 11.3 Å². The van der Waals surface area contributed by atoms with E-state index in [9.17, 15) is 18.4 Å². The predicted octanol–water partition coefficient (Wildman–Crippen LogP) is 4.93. The molecule has 5 nitrogen and oxygen atoms in total. The summed E-state index contributed by atoms with van der Waals surface area (Å²) in [6.45, 7) is 3.62. The molecule has 1 heterocycles. The van der Waals surface area contributed by atoms with Gasteiger partial charge in [0.1, 0.15) is 11.8 Å². The second-order valence-corrected chi connectivity index (χ2v) is 6.12. The van der Waals surface area contributed by atoms with Crippen molar-refractivity contribution >= 4 is 41.4 Å². The third kappa shape index (κ3) is 3.84. The average molecular weight is 402 g/mol. The van der Waals surface area contributed by atoms with E-state index in [-0.39, 0.29) is 27.2 Å². The van der Waals surface area contributed by atoms with Gasteiger partial charge in [-0.1, -0.05) is 35.9 Å². The van der Waals surface area contributed by atoms with Gasteiger partial charge >= 0.3 is 6.18 Å². The first-order chi connectivity index (χ1) is 12.1. The van der Waals surface area contributed by atoms with E-state index in [0.29, 0.717) is 5.56 Å². The van der Waals surface area contributed by atoms with Crippen LogP contribution in [0.2, 0.25) is 10.0 Å². The van der Waals surface area contributed by atoms with E-state index in [4.69, 9.17) is 23.2 Å². The van der Waals surface area contributed by atoms with Crippen molar-refractivity contribution in [1.29, 1.82) is 5.26 Å². The molecule has 1 aromatic heterocycles. The van der Waals surface area contributed by atoms with Crippen molar-refractivity contribution in [2.24, 2.45) is 4.99 Å². The topological polar surface area (TPSA) is 57.2 Å². The molecule has 0 saturated carbocycles. The minimum atomic E-state index is -4.61. The zero-order valence-corrected chi connectivity index (χ0v) is 15.2. The highest BCUT2D eigenvalue weighted by Gasteiger charge is 2.32. The maximum atomic E-state index is 12.9. The lowest BCUT2D eigenvalue weighted by Gasteiger charge is -2.13. The molecule has 136 valence electrons. The Morgan fingerprint density at radius 3 is 2.31 bits per heavy atom. The molecular formula is C16H12Cl2F3N5. The number of nitrogens with zero attached hydrogens (tertiary/aromatic N) is 5. The fourth-order valence-corrected chi connectivity index (χ4v) is 2.72. The lowest BCUT2D eigenvalue weighted by Crippen LogP contribution is -2.09. The molecule has 2 aromatic rings. The largest absolute Gasteiger partial charge is 0.416 e. The summed E-state index contributed by atoms with van der Waals surface area (Å²) in [5, 5.41) is 12.7.